The summed E-state index contributed by atoms with van der Waals surface area (Å²) in [6, 6.07) is 4.94. The van der Waals surface area contributed by atoms with Gasteiger partial charge in [0.1, 0.15) is 12.4 Å². The van der Waals surface area contributed by atoms with Gasteiger partial charge >= 0.3 is 5.97 Å². The maximum atomic E-state index is 13.3. The summed E-state index contributed by atoms with van der Waals surface area (Å²) in [5.74, 6) is -0.368. The van der Waals surface area contributed by atoms with E-state index in [4.69, 9.17) is 4.74 Å². The van der Waals surface area contributed by atoms with Crippen molar-refractivity contribution in [3.63, 3.8) is 0 Å². The van der Waals surface area contributed by atoms with Gasteiger partial charge in [-0.1, -0.05) is 6.07 Å². The van der Waals surface area contributed by atoms with Crippen LogP contribution in [0.5, 0.6) is 0 Å². The molecule has 0 spiro atoms. The van der Waals surface area contributed by atoms with Crippen LogP contribution in [0.15, 0.2) is 22.7 Å². The van der Waals surface area contributed by atoms with Gasteiger partial charge in [0.2, 0.25) is 0 Å². The van der Waals surface area contributed by atoms with E-state index in [1.165, 1.54) is 11.0 Å². The SMILES string of the molecule is CCOC(=O)[C@H]1CCCC[NH+]1Cc1ccc(F)c(Br)c1. The lowest BCUT2D eigenvalue weighted by molar-refractivity contribution is -0.935. The molecule has 1 aromatic carbocycles. The zero-order chi connectivity index (χ0) is 14.5. The molecule has 0 radical (unpaired) electrons. The van der Waals surface area contributed by atoms with Crippen molar-refractivity contribution in [3.8, 4) is 0 Å². The number of ether oxygens (including phenoxy) is 1. The second kappa shape index (κ2) is 7.18. The van der Waals surface area contributed by atoms with Crippen molar-refractivity contribution in [3.05, 3.63) is 34.1 Å². The Morgan fingerprint density at radius 3 is 3.00 bits per heavy atom. The van der Waals surface area contributed by atoms with Gasteiger partial charge in [0.05, 0.1) is 17.6 Å². The molecular formula is C15H20BrFNO2+. The minimum atomic E-state index is -0.260. The molecule has 2 atom stereocenters. The van der Waals surface area contributed by atoms with Gasteiger partial charge in [-0.25, -0.2) is 9.18 Å². The molecule has 0 saturated carbocycles. The topological polar surface area (TPSA) is 30.7 Å². The third-order valence-electron chi connectivity index (χ3n) is 3.72. The van der Waals surface area contributed by atoms with Crippen molar-refractivity contribution in [1.29, 1.82) is 0 Å². The highest BCUT2D eigenvalue weighted by atomic mass is 79.9. The number of hydrogen-bond donors (Lipinski definition) is 1. The Hall–Kier alpha value is -0.940. The maximum absolute atomic E-state index is 13.3. The smallest absolute Gasteiger partial charge is 0.364 e. The van der Waals surface area contributed by atoms with Crippen molar-refractivity contribution in [2.45, 2.75) is 38.8 Å². The number of hydrogen-bond acceptors (Lipinski definition) is 2. The first-order chi connectivity index (χ1) is 9.61. The summed E-state index contributed by atoms with van der Waals surface area (Å²) in [6.07, 6.45) is 3.06. The zero-order valence-electron chi connectivity index (χ0n) is 11.6. The fourth-order valence-corrected chi connectivity index (χ4v) is 3.16. The largest absolute Gasteiger partial charge is 0.462 e. The highest BCUT2D eigenvalue weighted by Gasteiger charge is 2.33. The van der Waals surface area contributed by atoms with Gasteiger partial charge in [0.15, 0.2) is 6.04 Å². The van der Waals surface area contributed by atoms with Gasteiger partial charge in [-0.05, 0) is 47.8 Å². The Balaban J connectivity index is 2.08. The molecule has 3 nitrogen and oxygen atoms in total. The predicted molar refractivity (Wildman–Crippen MR) is 77.9 cm³/mol. The Morgan fingerprint density at radius 1 is 1.50 bits per heavy atom. The second-order valence-electron chi connectivity index (χ2n) is 5.13. The van der Waals surface area contributed by atoms with Crippen LogP contribution in [0.2, 0.25) is 0 Å². The molecule has 0 aromatic heterocycles. The predicted octanol–water partition coefficient (Wildman–Crippen LogP) is 2.09. The van der Waals surface area contributed by atoms with Gasteiger partial charge in [0, 0.05) is 12.0 Å². The molecule has 1 unspecified atom stereocenters. The summed E-state index contributed by atoms with van der Waals surface area (Å²) in [6.45, 7) is 3.93. The summed E-state index contributed by atoms with van der Waals surface area (Å²) in [7, 11) is 0. The molecular weight excluding hydrogens is 325 g/mol. The number of carbonyl (C=O) groups is 1. The molecule has 1 fully saturated rings. The van der Waals surface area contributed by atoms with Crippen LogP contribution in [0.1, 0.15) is 31.7 Å². The number of rotatable bonds is 4. The first-order valence-electron chi connectivity index (χ1n) is 7.07. The van der Waals surface area contributed by atoms with Gasteiger partial charge in [-0.2, -0.15) is 0 Å². The molecule has 1 N–H and O–H groups in total. The molecule has 110 valence electrons. The number of nitrogens with one attached hydrogen (secondary N) is 1. The number of carbonyl (C=O) groups excluding carboxylic acids is 1. The van der Waals surface area contributed by atoms with Gasteiger partial charge in [0.25, 0.3) is 0 Å². The van der Waals surface area contributed by atoms with Crippen LogP contribution >= 0.6 is 15.9 Å². The molecule has 20 heavy (non-hydrogen) atoms. The molecule has 1 aromatic rings. The van der Waals surface area contributed by atoms with E-state index >= 15 is 0 Å². The van der Waals surface area contributed by atoms with Gasteiger partial charge in [-0.3, -0.25) is 0 Å². The summed E-state index contributed by atoms with van der Waals surface area (Å²) in [4.78, 5) is 13.2. The summed E-state index contributed by atoms with van der Waals surface area (Å²) in [5, 5.41) is 0. The van der Waals surface area contributed by atoms with Crippen molar-refractivity contribution in [2.24, 2.45) is 0 Å². The van der Waals surface area contributed by atoms with E-state index in [9.17, 15) is 9.18 Å². The molecule has 0 amide bonds. The van der Waals surface area contributed by atoms with E-state index in [0.29, 0.717) is 11.1 Å². The fraction of sp³-hybridized carbons (Fsp3) is 0.533. The Bertz CT molecular complexity index is 481. The average Bonchev–Trinajstić information content (AvgIpc) is 2.44. The first-order valence-corrected chi connectivity index (χ1v) is 7.86. The highest BCUT2D eigenvalue weighted by molar-refractivity contribution is 9.10. The summed E-state index contributed by atoms with van der Waals surface area (Å²) >= 11 is 3.20. The van der Waals surface area contributed by atoms with Crippen LogP contribution in [-0.2, 0) is 16.1 Å². The lowest BCUT2D eigenvalue weighted by Gasteiger charge is -2.31. The normalized spacial score (nSPS) is 22.6. The highest BCUT2D eigenvalue weighted by Crippen LogP contribution is 2.16. The van der Waals surface area contributed by atoms with Gasteiger partial charge in [-0.15, -0.1) is 0 Å². The Labute approximate surface area is 127 Å². The standard InChI is InChI=1S/C15H19BrFNO2/c1-2-20-15(19)14-5-3-4-8-18(14)10-11-6-7-13(17)12(16)9-11/h6-7,9,14H,2-5,8,10H2,1H3/p+1/t14-/m1/s1. The molecule has 0 bridgehead atoms. The van der Waals surface area contributed by atoms with Crippen molar-refractivity contribution < 1.29 is 18.8 Å². The molecule has 2 rings (SSSR count). The second-order valence-corrected chi connectivity index (χ2v) is 5.99. The number of likely N-dealkylation sites (tertiary alicyclic amines) is 1. The van der Waals surface area contributed by atoms with Crippen LogP contribution in [0.3, 0.4) is 0 Å². The number of esters is 1. The molecule has 5 heteroatoms. The summed E-state index contributed by atoms with van der Waals surface area (Å²) in [5.41, 5.74) is 1.03. The summed E-state index contributed by atoms with van der Waals surface area (Å²) < 4.78 is 18.9. The minimum Gasteiger partial charge on any atom is -0.462 e. The molecule has 1 aliphatic heterocycles. The molecule has 1 heterocycles. The average molecular weight is 345 g/mol. The minimum absolute atomic E-state index is 0.0903. The fourth-order valence-electron chi connectivity index (χ4n) is 2.73. The van der Waals surface area contributed by atoms with Crippen molar-refractivity contribution in [1.82, 2.24) is 0 Å². The number of piperidine rings is 1. The Kier molecular flexibility index (Phi) is 5.54. The van der Waals surface area contributed by atoms with Crippen LogP contribution < -0.4 is 4.90 Å². The molecule has 0 aliphatic carbocycles. The third kappa shape index (κ3) is 3.79. The number of benzene rings is 1. The first kappa shape index (κ1) is 15.4. The van der Waals surface area contributed by atoms with E-state index in [1.807, 2.05) is 6.92 Å². The molecule has 1 saturated heterocycles. The van der Waals surface area contributed by atoms with E-state index in [2.05, 4.69) is 15.9 Å². The van der Waals surface area contributed by atoms with Crippen molar-refractivity contribution in [2.75, 3.05) is 13.2 Å². The lowest BCUT2D eigenvalue weighted by Crippen LogP contribution is -3.16. The third-order valence-corrected chi connectivity index (χ3v) is 4.33. The van der Waals surface area contributed by atoms with Crippen LogP contribution in [-0.4, -0.2) is 25.2 Å². The van der Waals surface area contributed by atoms with Crippen molar-refractivity contribution >= 4 is 21.9 Å². The molecule has 1 aliphatic rings. The van der Waals surface area contributed by atoms with E-state index in [0.717, 1.165) is 37.9 Å². The Morgan fingerprint density at radius 2 is 2.30 bits per heavy atom. The maximum Gasteiger partial charge on any atom is 0.364 e. The number of quaternary nitrogens is 1. The van der Waals surface area contributed by atoms with Gasteiger partial charge < -0.3 is 9.64 Å². The van der Waals surface area contributed by atoms with E-state index < -0.39 is 0 Å². The zero-order valence-corrected chi connectivity index (χ0v) is 13.2. The lowest BCUT2D eigenvalue weighted by atomic mass is 10.0. The van der Waals surface area contributed by atoms with Crippen LogP contribution in [0, 0.1) is 5.82 Å². The quantitative estimate of drug-likeness (QED) is 0.848. The van der Waals surface area contributed by atoms with Crippen LogP contribution in [0.25, 0.3) is 0 Å². The van der Waals surface area contributed by atoms with E-state index in [-0.39, 0.29) is 17.8 Å². The van der Waals surface area contributed by atoms with Crippen LogP contribution in [0.4, 0.5) is 4.39 Å². The number of halogens is 2. The monoisotopic (exact) mass is 344 g/mol. The van der Waals surface area contributed by atoms with E-state index in [1.54, 1.807) is 12.1 Å².